The van der Waals surface area contributed by atoms with Crippen LogP contribution in [0, 0.1) is 25.6 Å². The summed E-state index contributed by atoms with van der Waals surface area (Å²) >= 11 is 0. The van der Waals surface area contributed by atoms with Gasteiger partial charge in [0.15, 0.2) is 0 Å². The normalized spacial score (nSPS) is 22.2. The number of nitrogens with zero attached hydrogens (tertiary/aromatic N) is 6. The van der Waals surface area contributed by atoms with E-state index in [-0.39, 0.29) is 40.5 Å². The molecular weight excluding hydrogens is 720 g/mol. The number of carbonyl (C=O) groups is 4. The van der Waals surface area contributed by atoms with Crippen molar-refractivity contribution >= 4 is 33.7 Å². The van der Waals surface area contributed by atoms with E-state index < -0.39 is 40.6 Å². The number of rotatable bonds is 11. The van der Waals surface area contributed by atoms with E-state index in [1.807, 2.05) is 24.8 Å². The van der Waals surface area contributed by atoms with Gasteiger partial charge in [-0.25, -0.2) is 31.9 Å². The maximum atomic E-state index is 14.5. The minimum absolute atomic E-state index is 0.00866. The number of likely N-dealkylation sites (tertiary alicyclic amines) is 1. The van der Waals surface area contributed by atoms with Gasteiger partial charge in [-0.1, -0.05) is 12.1 Å². The summed E-state index contributed by atoms with van der Waals surface area (Å²) in [6, 6.07) is 7.29. The van der Waals surface area contributed by atoms with Gasteiger partial charge in [0.25, 0.3) is 5.91 Å². The minimum Gasteiger partial charge on any atom is -0.481 e. The average molecular weight is 773 g/mol. The predicted molar refractivity (Wildman–Crippen MR) is 198 cm³/mol. The second kappa shape index (κ2) is 17.3. The van der Waals surface area contributed by atoms with Gasteiger partial charge in [-0.15, -0.1) is 0 Å². The highest BCUT2D eigenvalue weighted by molar-refractivity contribution is 7.90. The highest BCUT2D eigenvalue weighted by atomic mass is 32.2. The van der Waals surface area contributed by atoms with Crippen LogP contribution in [0.4, 0.5) is 4.39 Å². The molecule has 3 aliphatic heterocycles. The first-order valence-electron chi connectivity index (χ1n) is 18.8. The Labute approximate surface area is 316 Å². The van der Waals surface area contributed by atoms with E-state index in [1.54, 1.807) is 16.4 Å². The lowest BCUT2D eigenvalue weighted by molar-refractivity contribution is -0.149. The molecule has 0 bridgehead atoms. The van der Waals surface area contributed by atoms with Gasteiger partial charge >= 0.3 is 11.9 Å². The smallest absolute Gasteiger partial charge is 0.372 e. The first-order valence-corrected chi connectivity index (χ1v) is 20.3. The van der Waals surface area contributed by atoms with Crippen LogP contribution in [-0.4, -0.2) is 134 Å². The van der Waals surface area contributed by atoms with E-state index in [0.717, 1.165) is 75.1 Å². The summed E-state index contributed by atoms with van der Waals surface area (Å²) in [5.41, 5.74) is 3.05. The fourth-order valence-corrected chi connectivity index (χ4v) is 10.1. The molecule has 0 spiro atoms. The summed E-state index contributed by atoms with van der Waals surface area (Å²) in [6.07, 6.45) is 5.58. The molecule has 6 rings (SSSR count). The maximum absolute atomic E-state index is 14.5. The number of benzene rings is 1. The molecule has 16 heteroatoms. The third-order valence-electron chi connectivity index (χ3n) is 11.6. The molecule has 54 heavy (non-hydrogen) atoms. The number of Topliss-reactive ketones (excluding diaryl/α,β-unsaturated/α-hetero) is 1. The summed E-state index contributed by atoms with van der Waals surface area (Å²) in [5, 5.41) is 15.8. The standard InChI is InChI=1S/C33H47FN6O3S.C5H6O5/c1-23-21-38(33(4)12-16-37(17-13-33)32(41)30-24(2)35-22-36-25(30)3)18-19-40(23)31(27-6-5-7-28(34)20-27)26-10-14-39(15-11-26)44(42,43)29-8-9-29;6-3(5(9)10)1-2-4(7)8/h5-7,20,22-23,26,29,31H,8-19,21H2,1-4H3;1-2H2,(H,7,8)(H,9,10)/t23-,31+;/m1./s1. The molecule has 296 valence electrons. The Balaban J connectivity index is 0.000000493. The van der Waals surface area contributed by atoms with Gasteiger partial charge in [-0.2, -0.15) is 0 Å². The summed E-state index contributed by atoms with van der Waals surface area (Å²) in [5.74, 6) is -3.77. The van der Waals surface area contributed by atoms with Crippen molar-refractivity contribution in [3.8, 4) is 0 Å². The topological polar surface area (TPSA) is 182 Å². The molecule has 0 unspecified atom stereocenters. The van der Waals surface area contributed by atoms with Gasteiger partial charge in [0.05, 0.1) is 28.6 Å². The Bertz CT molecular complexity index is 1790. The summed E-state index contributed by atoms with van der Waals surface area (Å²) in [7, 11) is -3.18. The van der Waals surface area contributed by atoms with Crippen molar-refractivity contribution in [2.45, 2.75) is 102 Å². The molecule has 4 heterocycles. The second-order valence-electron chi connectivity index (χ2n) is 15.3. The molecule has 4 aliphatic rings. The van der Waals surface area contributed by atoms with Crippen molar-refractivity contribution in [2.24, 2.45) is 5.92 Å². The van der Waals surface area contributed by atoms with Crippen molar-refractivity contribution < 1.29 is 42.2 Å². The number of amides is 1. The number of carbonyl (C=O) groups excluding carboxylic acids is 2. The molecule has 3 saturated heterocycles. The minimum atomic E-state index is -3.18. The van der Waals surface area contributed by atoms with Crippen LogP contribution in [-0.2, 0) is 24.4 Å². The molecule has 1 aliphatic carbocycles. The molecule has 1 amide bonds. The Morgan fingerprint density at radius 1 is 0.926 bits per heavy atom. The zero-order valence-electron chi connectivity index (χ0n) is 31.6. The van der Waals surface area contributed by atoms with Gasteiger partial charge in [0, 0.05) is 69.9 Å². The zero-order valence-corrected chi connectivity index (χ0v) is 32.4. The van der Waals surface area contributed by atoms with E-state index in [9.17, 15) is 32.0 Å². The van der Waals surface area contributed by atoms with E-state index in [0.29, 0.717) is 31.7 Å². The highest BCUT2D eigenvalue weighted by Gasteiger charge is 2.45. The molecule has 2 N–H and O–H groups in total. The van der Waals surface area contributed by atoms with Gasteiger partial charge in [-0.05, 0) is 89.8 Å². The van der Waals surface area contributed by atoms with Crippen LogP contribution in [0.2, 0.25) is 0 Å². The van der Waals surface area contributed by atoms with Crippen molar-refractivity contribution in [1.82, 2.24) is 29.0 Å². The Morgan fingerprint density at radius 2 is 1.56 bits per heavy atom. The summed E-state index contributed by atoms with van der Waals surface area (Å²) < 4.78 is 42.0. The summed E-state index contributed by atoms with van der Waals surface area (Å²) in [6.45, 7) is 13.5. The number of halogens is 1. The van der Waals surface area contributed by atoms with Gasteiger partial charge in [-0.3, -0.25) is 24.2 Å². The van der Waals surface area contributed by atoms with Crippen LogP contribution in [0.5, 0.6) is 0 Å². The number of hydrogen-bond donors (Lipinski definition) is 2. The Hall–Kier alpha value is -3.86. The monoisotopic (exact) mass is 772 g/mol. The first-order chi connectivity index (χ1) is 25.5. The van der Waals surface area contributed by atoms with Crippen LogP contribution >= 0.6 is 0 Å². The number of aromatic nitrogens is 2. The quantitative estimate of drug-likeness (QED) is 0.317. The molecule has 0 radical (unpaired) electrons. The number of carboxylic acid groups (broad SMARTS) is 2. The number of piperidine rings is 2. The molecule has 4 fully saturated rings. The summed E-state index contributed by atoms with van der Waals surface area (Å²) in [4.78, 5) is 58.7. The predicted octanol–water partition coefficient (Wildman–Crippen LogP) is 3.68. The number of aryl methyl sites for hydroxylation is 2. The number of sulfonamides is 1. The van der Waals surface area contributed by atoms with Crippen molar-refractivity contribution in [3.05, 3.63) is 58.9 Å². The van der Waals surface area contributed by atoms with E-state index in [2.05, 4.69) is 33.6 Å². The fraction of sp³-hybridized carbons (Fsp3) is 0.632. The second-order valence-corrected chi connectivity index (χ2v) is 17.6. The van der Waals surface area contributed by atoms with E-state index in [4.69, 9.17) is 10.2 Å². The van der Waals surface area contributed by atoms with Crippen LogP contribution in [0.15, 0.2) is 30.6 Å². The van der Waals surface area contributed by atoms with Crippen LogP contribution in [0.25, 0.3) is 0 Å². The molecule has 1 aromatic heterocycles. The third kappa shape index (κ3) is 9.68. The Morgan fingerprint density at radius 3 is 2.09 bits per heavy atom. The third-order valence-corrected chi connectivity index (χ3v) is 14.0. The van der Waals surface area contributed by atoms with Gasteiger partial charge in [0.2, 0.25) is 15.8 Å². The van der Waals surface area contributed by atoms with Crippen LogP contribution in [0.3, 0.4) is 0 Å². The Kier molecular flexibility index (Phi) is 13.2. The maximum Gasteiger partial charge on any atom is 0.372 e. The molecule has 2 aromatic rings. The van der Waals surface area contributed by atoms with Crippen molar-refractivity contribution in [1.29, 1.82) is 0 Å². The average Bonchev–Trinajstić information content (AvgIpc) is 3.99. The number of aliphatic carboxylic acids is 2. The molecule has 2 atom stereocenters. The highest BCUT2D eigenvalue weighted by Crippen LogP contribution is 2.41. The van der Waals surface area contributed by atoms with E-state index >= 15 is 0 Å². The molecule has 1 saturated carbocycles. The van der Waals surface area contributed by atoms with Crippen LogP contribution in [0.1, 0.15) is 98.6 Å². The fourth-order valence-electron chi connectivity index (χ4n) is 8.22. The lowest BCUT2D eigenvalue weighted by Crippen LogP contribution is -2.63. The number of carboxylic acids is 2. The van der Waals surface area contributed by atoms with Crippen molar-refractivity contribution in [3.63, 3.8) is 0 Å². The van der Waals surface area contributed by atoms with Gasteiger partial charge < -0.3 is 15.1 Å². The molecule has 1 aromatic carbocycles. The van der Waals surface area contributed by atoms with Crippen LogP contribution < -0.4 is 0 Å². The van der Waals surface area contributed by atoms with Crippen molar-refractivity contribution in [2.75, 3.05) is 45.8 Å². The largest absolute Gasteiger partial charge is 0.481 e. The lowest BCUT2D eigenvalue weighted by atomic mass is 9.82. The number of piperazine rings is 1. The zero-order chi connectivity index (χ0) is 39.4. The molecule has 14 nitrogen and oxygen atoms in total. The van der Waals surface area contributed by atoms with E-state index in [1.165, 1.54) is 12.4 Å². The SMILES string of the molecule is Cc1ncnc(C)c1C(=O)N1CCC(C)(N2CCN([C@H](c3cccc(F)c3)C3CCN(S(=O)(=O)C4CC4)CC3)[C@H](C)C2)CC1.O=C(O)CCC(=O)C(=O)O. The van der Waals surface area contributed by atoms with Gasteiger partial charge in [0.1, 0.15) is 12.1 Å². The lowest BCUT2D eigenvalue weighted by Gasteiger charge is -2.54. The first kappa shape index (κ1) is 41.3. The number of hydrogen-bond acceptors (Lipinski definition) is 10. The number of ketones is 1. The molecular formula is C38H53FN6O8S.